The second-order valence-electron chi connectivity index (χ2n) is 3.40. The number of halogens is 4. The molecule has 1 heterocycles. The van der Waals surface area contributed by atoms with Gasteiger partial charge in [0.1, 0.15) is 5.82 Å². The Hall–Kier alpha value is -1.96. The second-order valence-corrected chi connectivity index (χ2v) is 3.40. The van der Waals surface area contributed by atoms with E-state index >= 15 is 0 Å². The Labute approximate surface area is 98.4 Å². The molecule has 1 aromatic carbocycles. The van der Waals surface area contributed by atoms with E-state index in [1.54, 1.807) is 0 Å². The molecule has 8 heteroatoms. The van der Waals surface area contributed by atoms with Gasteiger partial charge in [0.15, 0.2) is 0 Å². The Morgan fingerprint density at radius 1 is 1.28 bits per heavy atom. The fourth-order valence-electron chi connectivity index (χ4n) is 1.39. The van der Waals surface area contributed by atoms with Crippen LogP contribution in [-0.4, -0.2) is 10.1 Å². The Morgan fingerprint density at radius 3 is 2.56 bits per heavy atom. The highest BCUT2D eigenvalue weighted by Crippen LogP contribution is 2.36. The molecule has 0 bridgehead atoms. The van der Waals surface area contributed by atoms with Crippen LogP contribution in [0.5, 0.6) is 0 Å². The van der Waals surface area contributed by atoms with E-state index in [1.165, 1.54) is 0 Å². The molecule has 1 aromatic heterocycles. The average molecular weight is 261 g/mol. The summed E-state index contributed by atoms with van der Waals surface area (Å²) in [6, 6.07) is 2.22. The fourth-order valence-corrected chi connectivity index (χ4v) is 1.39. The highest BCUT2D eigenvalue weighted by molar-refractivity contribution is 5.60. The first-order valence-corrected chi connectivity index (χ1v) is 4.81. The van der Waals surface area contributed by atoms with E-state index < -0.39 is 17.6 Å². The zero-order valence-electron chi connectivity index (χ0n) is 8.83. The van der Waals surface area contributed by atoms with Crippen LogP contribution in [0.1, 0.15) is 11.5 Å². The third-order valence-electron chi connectivity index (χ3n) is 2.17. The van der Waals surface area contributed by atoms with Gasteiger partial charge in [0.2, 0.25) is 11.7 Å². The molecule has 0 aliphatic carbocycles. The van der Waals surface area contributed by atoms with E-state index in [2.05, 4.69) is 14.7 Å². The van der Waals surface area contributed by atoms with Crippen LogP contribution >= 0.6 is 0 Å². The van der Waals surface area contributed by atoms with Crippen LogP contribution in [0.15, 0.2) is 22.7 Å². The molecular weight excluding hydrogens is 254 g/mol. The first-order valence-electron chi connectivity index (χ1n) is 4.81. The summed E-state index contributed by atoms with van der Waals surface area (Å²) in [5.74, 6) is -1.26. The molecule has 0 saturated heterocycles. The van der Waals surface area contributed by atoms with Gasteiger partial charge in [0.25, 0.3) is 0 Å². The fraction of sp³-hybridized carbons (Fsp3) is 0.200. The number of alkyl halides is 3. The minimum absolute atomic E-state index is 0.00227. The van der Waals surface area contributed by atoms with Crippen LogP contribution in [0.25, 0.3) is 11.4 Å². The lowest BCUT2D eigenvalue weighted by atomic mass is 10.1. The summed E-state index contributed by atoms with van der Waals surface area (Å²) in [4.78, 5) is 3.68. The monoisotopic (exact) mass is 261 g/mol. The SMILES string of the molecule is NCc1nc(-c2ccc(F)cc2C(F)(F)F)no1. The minimum Gasteiger partial charge on any atom is -0.338 e. The van der Waals surface area contributed by atoms with Crippen molar-refractivity contribution in [2.45, 2.75) is 12.7 Å². The summed E-state index contributed by atoms with van der Waals surface area (Å²) in [6.45, 7) is -0.0878. The van der Waals surface area contributed by atoms with Crippen LogP contribution < -0.4 is 5.73 Å². The molecule has 0 aliphatic heterocycles. The molecule has 2 N–H and O–H groups in total. The molecule has 2 aromatic rings. The summed E-state index contributed by atoms with van der Waals surface area (Å²) in [6.07, 6.45) is -4.71. The topological polar surface area (TPSA) is 64.9 Å². The van der Waals surface area contributed by atoms with Crippen molar-refractivity contribution >= 4 is 0 Å². The zero-order chi connectivity index (χ0) is 13.3. The van der Waals surface area contributed by atoms with Crippen molar-refractivity contribution in [1.29, 1.82) is 0 Å². The van der Waals surface area contributed by atoms with Gasteiger partial charge in [-0.2, -0.15) is 18.2 Å². The van der Waals surface area contributed by atoms with Gasteiger partial charge in [0.05, 0.1) is 12.1 Å². The Kier molecular flexibility index (Phi) is 3.04. The van der Waals surface area contributed by atoms with E-state index in [4.69, 9.17) is 5.73 Å². The molecule has 0 aliphatic rings. The number of hydrogen-bond donors (Lipinski definition) is 1. The predicted molar refractivity (Wildman–Crippen MR) is 52.6 cm³/mol. The Morgan fingerprint density at radius 2 is 2.00 bits per heavy atom. The number of nitrogens with two attached hydrogens (primary N) is 1. The van der Waals surface area contributed by atoms with Gasteiger partial charge in [-0.25, -0.2) is 4.39 Å². The van der Waals surface area contributed by atoms with Crippen molar-refractivity contribution in [2.24, 2.45) is 5.73 Å². The van der Waals surface area contributed by atoms with Crippen molar-refractivity contribution in [3.63, 3.8) is 0 Å². The summed E-state index contributed by atoms with van der Waals surface area (Å²) in [5.41, 5.74) is 3.70. The molecule has 0 saturated carbocycles. The lowest BCUT2D eigenvalue weighted by Gasteiger charge is -2.10. The maximum Gasteiger partial charge on any atom is 0.417 e. The van der Waals surface area contributed by atoms with Crippen LogP contribution in [0, 0.1) is 5.82 Å². The van der Waals surface area contributed by atoms with Gasteiger partial charge in [0, 0.05) is 5.56 Å². The lowest BCUT2D eigenvalue weighted by Crippen LogP contribution is -2.08. The molecule has 0 radical (unpaired) electrons. The number of rotatable bonds is 2. The van der Waals surface area contributed by atoms with Crippen molar-refractivity contribution < 1.29 is 22.1 Å². The summed E-state index contributed by atoms with van der Waals surface area (Å²) >= 11 is 0. The van der Waals surface area contributed by atoms with E-state index in [-0.39, 0.29) is 23.8 Å². The smallest absolute Gasteiger partial charge is 0.338 e. The van der Waals surface area contributed by atoms with Crippen LogP contribution in [0.2, 0.25) is 0 Å². The average Bonchev–Trinajstić information content (AvgIpc) is 2.76. The molecule has 0 fully saturated rings. The van der Waals surface area contributed by atoms with E-state index in [0.29, 0.717) is 6.07 Å². The van der Waals surface area contributed by atoms with Gasteiger partial charge in [-0.1, -0.05) is 5.16 Å². The second kappa shape index (κ2) is 4.37. The first kappa shape index (κ1) is 12.5. The molecular formula is C10H7F4N3O. The van der Waals surface area contributed by atoms with Crippen molar-refractivity contribution in [1.82, 2.24) is 10.1 Å². The molecule has 0 atom stereocenters. The summed E-state index contributed by atoms with van der Waals surface area (Å²) < 4.78 is 55.7. The van der Waals surface area contributed by atoms with Gasteiger partial charge >= 0.3 is 6.18 Å². The van der Waals surface area contributed by atoms with Crippen molar-refractivity contribution in [3.05, 3.63) is 35.5 Å². The molecule has 0 unspecified atom stereocenters. The van der Waals surface area contributed by atoms with E-state index in [1.807, 2.05) is 0 Å². The Balaban J connectivity index is 2.56. The highest BCUT2D eigenvalue weighted by atomic mass is 19.4. The molecule has 4 nitrogen and oxygen atoms in total. The minimum atomic E-state index is -4.71. The largest absolute Gasteiger partial charge is 0.417 e. The number of hydrogen-bond acceptors (Lipinski definition) is 4. The molecule has 0 amide bonds. The number of nitrogens with zero attached hydrogens (tertiary/aromatic N) is 2. The standard InChI is InChI=1S/C10H7F4N3O/c11-5-1-2-6(7(3-5)10(12,13)14)9-16-8(4-15)18-17-9/h1-3H,4,15H2. The summed E-state index contributed by atoms with van der Waals surface area (Å²) in [5, 5.41) is 3.37. The van der Waals surface area contributed by atoms with Crippen molar-refractivity contribution in [3.8, 4) is 11.4 Å². The third-order valence-corrected chi connectivity index (χ3v) is 2.17. The Bertz CT molecular complexity index is 564. The maximum atomic E-state index is 12.9. The third kappa shape index (κ3) is 2.33. The number of benzene rings is 1. The van der Waals surface area contributed by atoms with Gasteiger partial charge in [-0.15, -0.1) is 0 Å². The molecule has 2 rings (SSSR count). The van der Waals surface area contributed by atoms with Crippen LogP contribution in [-0.2, 0) is 12.7 Å². The van der Waals surface area contributed by atoms with E-state index in [9.17, 15) is 17.6 Å². The lowest BCUT2D eigenvalue weighted by molar-refractivity contribution is -0.137. The normalized spacial score (nSPS) is 11.8. The molecule has 0 spiro atoms. The summed E-state index contributed by atoms with van der Waals surface area (Å²) in [7, 11) is 0. The zero-order valence-corrected chi connectivity index (χ0v) is 8.83. The maximum absolute atomic E-state index is 12.9. The van der Waals surface area contributed by atoms with Crippen molar-refractivity contribution in [2.75, 3.05) is 0 Å². The predicted octanol–water partition coefficient (Wildman–Crippen LogP) is 2.35. The van der Waals surface area contributed by atoms with E-state index in [0.717, 1.165) is 12.1 Å². The first-order chi connectivity index (χ1) is 8.41. The highest BCUT2D eigenvalue weighted by Gasteiger charge is 2.35. The van der Waals surface area contributed by atoms with Gasteiger partial charge in [-0.3, -0.25) is 0 Å². The van der Waals surface area contributed by atoms with Crippen LogP contribution in [0.3, 0.4) is 0 Å². The number of aromatic nitrogens is 2. The quantitative estimate of drug-likeness (QED) is 0.843. The molecule has 96 valence electrons. The van der Waals surface area contributed by atoms with Gasteiger partial charge in [-0.05, 0) is 18.2 Å². The van der Waals surface area contributed by atoms with Crippen LogP contribution in [0.4, 0.5) is 17.6 Å². The van der Waals surface area contributed by atoms with Gasteiger partial charge < -0.3 is 10.3 Å². The molecule has 18 heavy (non-hydrogen) atoms.